The van der Waals surface area contributed by atoms with Crippen molar-refractivity contribution < 1.29 is 21.6 Å². The molecule has 0 aromatic heterocycles. The first-order valence-corrected chi connectivity index (χ1v) is 11.1. The second-order valence-electron chi connectivity index (χ2n) is 5.74. The van der Waals surface area contributed by atoms with Crippen LogP contribution < -0.4 is 4.74 Å². The van der Waals surface area contributed by atoms with Crippen LogP contribution in [0, 0.1) is 6.92 Å². The first-order chi connectivity index (χ1) is 10.7. The second kappa shape index (κ2) is 7.19. The Balaban J connectivity index is 1.95. The molecule has 2 rings (SSSR count). The van der Waals surface area contributed by atoms with E-state index in [1.54, 1.807) is 19.1 Å². The van der Waals surface area contributed by atoms with Crippen molar-refractivity contribution in [1.29, 1.82) is 0 Å². The zero-order valence-electron chi connectivity index (χ0n) is 13.4. The Labute approximate surface area is 138 Å². The van der Waals surface area contributed by atoms with Gasteiger partial charge in [0.25, 0.3) is 0 Å². The van der Waals surface area contributed by atoms with Gasteiger partial charge in [-0.2, -0.15) is 4.31 Å². The molecule has 1 aliphatic heterocycles. The molecule has 0 radical (unpaired) electrons. The molecule has 0 amide bonds. The molecule has 0 bridgehead atoms. The fourth-order valence-corrected chi connectivity index (χ4v) is 6.08. The molecule has 0 N–H and O–H groups in total. The van der Waals surface area contributed by atoms with Crippen LogP contribution >= 0.6 is 0 Å². The van der Waals surface area contributed by atoms with E-state index in [9.17, 15) is 16.8 Å². The monoisotopic (exact) mass is 361 g/mol. The summed E-state index contributed by atoms with van der Waals surface area (Å²) < 4.78 is 54.8. The van der Waals surface area contributed by atoms with Crippen LogP contribution in [0.25, 0.3) is 0 Å². The van der Waals surface area contributed by atoms with Gasteiger partial charge in [0, 0.05) is 12.6 Å². The minimum atomic E-state index is -3.54. The lowest BCUT2D eigenvalue weighted by atomic mass is 10.2. The highest BCUT2D eigenvalue weighted by atomic mass is 32.2. The molecule has 1 fully saturated rings. The maximum absolute atomic E-state index is 12.5. The summed E-state index contributed by atoms with van der Waals surface area (Å²) in [6.07, 6.45) is 0.369. The predicted molar refractivity (Wildman–Crippen MR) is 89.9 cm³/mol. The Kier molecular flexibility index (Phi) is 5.70. The number of ether oxygens (including phenoxy) is 1. The minimum Gasteiger partial charge on any atom is -0.492 e. The molecule has 1 saturated heterocycles. The number of nitrogens with zero attached hydrogens (tertiary/aromatic N) is 1. The summed E-state index contributed by atoms with van der Waals surface area (Å²) in [5.74, 6) is 0.436. The summed E-state index contributed by atoms with van der Waals surface area (Å²) in [5.41, 5.74) is 1.10. The van der Waals surface area contributed by atoms with Gasteiger partial charge in [0.05, 0.1) is 17.3 Å². The van der Waals surface area contributed by atoms with Gasteiger partial charge in [-0.25, -0.2) is 16.8 Å². The average molecular weight is 361 g/mol. The van der Waals surface area contributed by atoms with E-state index < -0.39 is 25.9 Å². The van der Waals surface area contributed by atoms with Gasteiger partial charge < -0.3 is 4.74 Å². The number of aryl methyl sites for hydroxylation is 1. The Morgan fingerprint density at radius 1 is 1.26 bits per heavy atom. The number of hydrogen-bond donors (Lipinski definition) is 0. The fourth-order valence-electron chi connectivity index (χ4n) is 2.70. The van der Waals surface area contributed by atoms with Crippen LogP contribution in [0.4, 0.5) is 0 Å². The van der Waals surface area contributed by atoms with E-state index in [2.05, 4.69) is 0 Å². The van der Waals surface area contributed by atoms with Crippen molar-refractivity contribution >= 4 is 19.9 Å². The molecule has 1 heterocycles. The zero-order chi connectivity index (χ0) is 17.1. The average Bonchev–Trinajstić information content (AvgIpc) is 2.81. The van der Waals surface area contributed by atoms with E-state index in [1.807, 2.05) is 19.1 Å². The molecule has 0 aliphatic carbocycles. The molecule has 1 atom stereocenters. The number of hydrogen-bond acceptors (Lipinski definition) is 5. The number of rotatable bonds is 7. The SMILES string of the molecule is CCN(C1CCS(=O)(=O)C1)S(=O)(=O)CCOc1ccc(C)cc1. The maximum Gasteiger partial charge on any atom is 0.217 e. The van der Waals surface area contributed by atoms with Crippen LogP contribution in [-0.4, -0.2) is 57.6 Å². The largest absolute Gasteiger partial charge is 0.492 e. The summed E-state index contributed by atoms with van der Waals surface area (Å²) >= 11 is 0. The molecule has 1 aliphatic rings. The topological polar surface area (TPSA) is 80.8 Å². The molecule has 23 heavy (non-hydrogen) atoms. The number of sulfonamides is 1. The second-order valence-corrected chi connectivity index (χ2v) is 10.0. The summed E-state index contributed by atoms with van der Waals surface area (Å²) in [6.45, 7) is 4.00. The van der Waals surface area contributed by atoms with Crippen molar-refractivity contribution in [3.8, 4) is 5.75 Å². The summed E-state index contributed by atoms with van der Waals surface area (Å²) in [5, 5.41) is 0. The quantitative estimate of drug-likeness (QED) is 0.729. The third kappa shape index (κ3) is 4.92. The first kappa shape index (κ1) is 18.2. The lowest BCUT2D eigenvalue weighted by Crippen LogP contribution is -2.43. The van der Waals surface area contributed by atoms with Crippen LogP contribution in [0.3, 0.4) is 0 Å². The Hall–Kier alpha value is -1.12. The van der Waals surface area contributed by atoms with E-state index in [1.165, 1.54) is 4.31 Å². The smallest absolute Gasteiger partial charge is 0.217 e. The van der Waals surface area contributed by atoms with Crippen LogP contribution in [0.15, 0.2) is 24.3 Å². The molecule has 6 nitrogen and oxygen atoms in total. The standard InChI is InChI=1S/C15H23NO5S2/c1-3-16(14-8-10-22(17,18)12-14)23(19,20)11-9-21-15-6-4-13(2)5-7-15/h4-7,14H,3,8-12H2,1-2H3. The van der Waals surface area contributed by atoms with E-state index in [0.717, 1.165) is 5.56 Å². The molecule has 1 aromatic rings. The van der Waals surface area contributed by atoms with Gasteiger partial charge in [-0.3, -0.25) is 0 Å². The fraction of sp³-hybridized carbons (Fsp3) is 0.600. The van der Waals surface area contributed by atoms with Crippen LogP contribution in [0.1, 0.15) is 18.9 Å². The Morgan fingerprint density at radius 2 is 1.91 bits per heavy atom. The number of benzene rings is 1. The van der Waals surface area contributed by atoms with Gasteiger partial charge in [-0.05, 0) is 25.5 Å². The van der Waals surface area contributed by atoms with Crippen molar-refractivity contribution in [3.63, 3.8) is 0 Å². The van der Waals surface area contributed by atoms with Crippen molar-refractivity contribution in [2.24, 2.45) is 0 Å². The third-order valence-corrected chi connectivity index (χ3v) is 7.62. The summed E-state index contributed by atoms with van der Waals surface area (Å²) in [7, 11) is -6.66. The molecular formula is C15H23NO5S2. The lowest BCUT2D eigenvalue weighted by Gasteiger charge is -2.25. The van der Waals surface area contributed by atoms with E-state index in [0.29, 0.717) is 12.2 Å². The van der Waals surface area contributed by atoms with Gasteiger partial charge in [-0.1, -0.05) is 24.6 Å². The molecule has 1 aromatic carbocycles. The van der Waals surface area contributed by atoms with E-state index in [4.69, 9.17) is 4.74 Å². The molecular weight excluding hydrogens is 338 g/mol. The zero-order valence-corrected chi connectivity index (χ0v) is 15.1. The molecule has 8 heteroatoms. The summed E-state index contributed by atoms with van der Waals surface area (Å²) in [4.78, 5) is 0. The predicted octanol–water partition coefficient (Wildman–Crippen LogP) is 1.21. The highest BCUT2D eigenvalue weighted by molar-refractivity contribution is 7.92. The first-order valence-electron chi connectivity index (χ1n) is 7.63. The van der Waals surface area contributed by atoms with Gasteiger partial charge in [0.1, 0.15) is 12.4 Å². The number of sulfone groups is 1. The maximum atomic E-state index is 12.5. The van der Waals surface area contributed by atoms with Crippen molar-refractivity contribution in [2.75, 3.05) is 30.4 Å². The van der Waals surface area contributed by atoms with Gasteiger partial charge in [0.2, 0.25) is 10.0 Å². The van der Waals surface area contributed by atoms with Gasteiger partial charge in [-0.15, -0.1) is 0 Å². The van der Waals surface area contributed by atoms with Crippen LogP contribution in [0.2, 0.25) is 0 Å². The van der Waals surface area contributed by atoms with E-state index in [-0.39, 0.29) is 30.4 Å². The molecule has 0 spiro atoms. The van der Waals surface area contributed by atoms with E-state index >= 15 is 0 Å². The highest BCUT2D eigenvalue weighted by Crippen LogP contribution is 2.21. The molecule has 0 saturated carbocycles. The van der Waals surface area contributed by atoms with Crippen molar-refractivity contribution in [3.05, 3.63) is 29.8 Å². The van der Waals surface area contributed by atoms with Crippen molar-refractivity contribution in [2.45, 2.75) is 26.3 Å². The van der Waals surface area contributed by atoms with Crippen LogP contribution in [-0.2, 0) is 19.9 Å². The van der Waals surface area contributed by atoms with Gasteiger partial charge >= 0.3 is 0 Å². The summed E-state index contributed by atoms with van der Waals surface area (Å²) in [6, 6.07) is 6.93. The normalized spacial score (nSPS) is 20.7. The Bertz CT molecular complexity index is 726. The van der Waals surface area contributed by atoms with Crippen molar-refractivity contribution in [1.82, 2.24) is 4.31 Å². The lowest BCUT2D eigenvalue weighted by molar-refractivity contribution is 0.323. The molecule has 1 unspecified atom stereocenters. The third-order valence-electron chi connectivity index (χ3n) is 3.92. The highest BCUT2D eigenvalue weighted by Gasteiger charge is 2.36. The molecule has 130 valence electrons. The van der Waals surface area contributed by atoms with Crippen LogP contribution in [0.5, 0.6) is 5.75 Å². The Morgan fingerprint density at radius 3 is 2.43 bits per heavy atom. The minimum absolute atomic E-state index is 0.0430. The van der Waals surface area contributed by atoms with Gasteiger partial charge in [0.15, 0.2) is 9.84 Å².